The second-order valence-electron chi connectivity index (χ2n) is 3.18. The summed E-state index contributed by atoms with van der Waals surface area (Å²) < 4.78 is 0.930. The van der Waals surface area contributed by atoms with E-state index in [-0.39, 0.29) is 0 Å². The molecule has 0 saturated heterocycles. The predicted octanol–water partition coefficient (Wildman–Crippen LogP) is 1.67. The zero-order valence-electron chi connectivity index (χ0n) is 8.13. The van der Waals surface area contributed by atoms with E-state index < -0.39 is 6.10 Å². The Kier molecular flexibility index (Phi) is 4.38. The molecule has 1 atom stereocenters. The number of halogens is 1. The van der Waals surface area contributed by atoms with E-state index in [1.54, 1.807) is 6.07 Å². The van der Waals surface area contributed by atoms with Crippen LogP contribution in [0.15, 0.2) is 22.7 Å². The Morgan fingerprint density at radius 2 is 2.29 bits per heavy atom. The Balaban J connectivity index is 2.74. The van der Waals surface area contributed by atoms with Crippen molar-refractivity contribution in [2.45, 2.75) is 12.5 Å². The van der Waals surface area contributed by atoms with Crippen LogP contribution in [0, 0.1) is 0 Å². The second kappa shape index (κ2) is 5.34. The smallest absolute Gasteiger partial charge is 0.0822 e. The number of nitrogen functional groups attached to an aromatic ring is 1. The zero-order chi connectivity index (χ0) is 10.6. The van der Waals surface area contributed by atoms with Gasteiger partial charge in [0.25, 0.3) is 0 Å². The zero-order valence-corrected chi connectivity index (χ0v) is 9.71. The normalized spacial score (nSPS) is 12.8. The van der Waals surface area contributed by atoms with E-state index in [2.05, 4.69) is 21.2 Å². The fourth-order valence-electron chi connectivity index (χ4n) is 1.29. The fourth-order valence-corrected chi connectivity index (χ4v) is 1.66. The number of benzene rings is 1. The molecule has 14 heavy (non-hydrogen) atoms. The maximum absolute atomic E-state index is 9.79. The van der Waals surface area contributed by atoms with Crippen LogP contribution in [0.2, 0.25) is 0 Å². The molecule has 1 aromatic rings. The van der Waals surface area contributed by atoms with Gasteiger partial charge in [0.2, 0.25) is 0 Å². The van der Waals surface area contributed by atoms with Gasteiger partial charge in [-0.3, -0.25) is 0 Å². The van der Waals surface area contributed by atoms with Crippen molar-refractivity contribution in [2.75, 3.05) is 19.3 Å². The van der Waals surface area contributed by atoms with Crippen molar-refractivity contribution in [1.29, 1.82) is 0 Å². The molecule has 0 saturated carbocycles. The average Bonchev–Trinajstić information content (AvgIpc) is 2.14. The molecule has 0 spiro atoms. The molecule has 0 amide bonds. The van der Waals surface area contributed by atoms with E-state index in [4.69, 9.17) is 5.73 Å². The molecule has 4 heteroatoms. The van der Waals surface area contributed by atoms with E-state index in [0.29, 0.717) is 12.1 Å². The highest BCUT2D eigenvalue weighted by Crippen LogP contribution is 2.25. The standard InChI is InChI=1S/C10H15BrN2O/c1-13-5-4-10(14)8-3-2-7(11)6-9(8)12/h2-3,6,10,13-14H,4-5,12H2,1H3. The summed E-state index contributed by atoms with van der Waals surface area (Å²) in [5, 5.41) is 12.8. The molecular weight excluding hydrogens is 244 g/mol. The highest BCUT2D eigenvalue weighted by Gasteiger charge is 2.10. The van der Waals surface area contributed by atoms with Gasteiger partial charge in [0.15, 0.2) is 0 Å². The molecule has 0 heterocycles. The molecule has 1 aromatic carbocycles. The van der Waals surface area contributed by atoms with E-state index in [0.717, 1.165) is 16.6 Å². The van der Waals surface area contributed by atoms with Gasteiger partial charge < -0.3 is 16.2 Å². The molecule has 4 N–H and O–H groups in total. The van der Waals surface area contributed by atoms with Gasteiger partial charge >= 0.3 is 0 Å². The minimum atomic E-state index is -0.490. The molecule has 0 aromatic heterocycles. The molecule has 1 rings (SSSR count). The third-order valence-electron chi connectivity index (χ3n) is 2.08. The molecule has 0 aliphatic carbocycles. The van der Waals surface area contributed by atoms with Crippen LogP contribution < -0.4 is 11.1 Å². The van der Waals surface area contributed by atoms with Gasteiger partial charge in [0.05, 0.1) is 6.10 Å². The van der Waals surface area contributed by atoms with Crippen molar-refractivity contribution in [3.05, 3.63) is 28.2 Å². The first kappa shape index (κ1) is 11.5. The second-order valence-corrected chi connectivity index (χ2v) is 4.10. The summed E-state index contributed by atoms with van der Waals surface area (Å²) in [6, 6.07) is 5.53. The Morgan fingerprint density at radius 3 is 2.86 bits per heavy atom. The highest BCUT2D eigenvalue weighted by molar-refractivity contribution is 9.10. The van der Waals surface area contributed by atoms with Crippen LogP contribution in [-0.2, 0) is 0 Å². The van der Waals surface area contributed by atoms with Crippen LogP contribution in [0.4, 0.5) is 5.69 Å². The number of rotatable bonds is 4. The van der Waals surface area contributed by atoms with Crippen LogP contribution in [-0.4, -0.2) is 18.7 Å². The highest BCUT2D eigenvalue weighted by atomic mass is 79.9. The SMILES string of the molecule is CNCCC(O)c1ccc(Br)cc1N. The first-order valence-electron chi connectivity index (χ1n) is 4.52. The molecule has 0 bridgehead atoms. The third-order valence-corrected chi connectivity index (χ3v) is 2.57. The van der Waals surface area contributed by atoms with Gasteiger partial charge in [-0.15, -0.1) is 0 Å². The van der Waals surface area contributed by atoms with Crippen molar-refractivity contribution >= 4 is 21.6 Å². The number of hydrogen-bond donors (Lipinski definition) is 3. The molecular formula is C10H15BrN2O. The maximum Gasteiger partial charge on any atom is 0.0822 e. The Bertz CT molecular complexity index is 304. The summed E-state index contributed by atoms with van der Waals surface area (Å²) >= 11 is 3.32. The quantitative estimate of drug-likeness (QED) is 0.721. The number of aliphatic hydroxyl groups excluding tert-OH is 1. The van der Waals surface area contributed by atoms with Gasteiger partial charge in [0, 0.05) is 15.7 Å². The van der Waals surface area contributed by atoms with Crippen LogP contribution in [0.3, 0.4) is 0 Å². The van der Waals surface area contributed by atoms with Crippen molar-refractivity contribution in [3.63, 3.8) is 0 Å². The number of anilines is 1. The minimum absolute atomic E-state index is 0.490. The van der Waals surface area contributed by atoms with Gasteiger partial charge in [-0.05, 0) is 32.1 Å². The lowest BCUT2D eigenvalue weighted by atomic mass is 10.0. The maximum atomic E-state index is 9.79. The van der Waals surface area contributed by atoms with Crippen LogP contribution in [0.1, 0.15) is 18.1 Å². The molecule has 3 nitrogen and oxygen atoms in total. The molecule has 0 aliphatic rings. The third kappa shape index (κ3) is 2.97. The Morgan fingerprint density at radius 1 is 1.57 bits per heavy atom. The van der Waals surface area contributed by atoms with Gasteiger partial charge in [-0.25, -0.2) is 0 Å². The van der Waals surface area contributed by atoms with Crippen molar-refractivity contribution < 1.29 is 5.11 Å². The lowest BCUT2D eigenvalue weighted by molar-refractivity contribution is 0.168. The van der Waals surface area contributed by atoms with E-state index >= 15 is 0 Å². The van der Waals surface area contributed by atoms with E-state index in [1.807, 2.05) is 19.2 Å². The first-order valence-corrected chi connectivity index (χ1v) is 5.32. The Labute approximate surface area is 92.4 Å². The van der Waals surface area contributed by atoms with E-state index in [9.17, 15) is 5.11 Å². The largest absolute Gasteiger partial charge is 0.398 e. The van der Waals surface area contributed by atoms with Gasteiger partial charge in [-0.2, -0.15) is 0 Å². The average molecular weight is 259 g/mol. The molecule has 0 fully saturated rings. The summed E-state index contributed by atoms with van der Waals surface area (Å²) in [4.78, 5) is 0. The number of nitrogens with two attached hydrogens (primary N) is 1. The minimum Gasteiger partial charge on any atom is -0.398 e. The number of aliphatic hydroxyl groups is 1. The van der Waals surface area contributed by atoms with Crippen molar-refractivity contribution in [2.24, 2.45) is 0 Å². The topological polar surface area (TPSA) is 58.3 Å². The van der Waals surface area contributed by atoms with E-state index in [1.165, 1.54) is 0 Å². The van der Waals surface area contributed by atoms with Gasteiger partial charge in [0.1, 0.15) is 0 Å². The lowest BCUT2D eigenvalue weighted by Crippen LogP contribution is -2.12. The molecule has 1 unspecified atom stereocenters. The summed E-state index contributed by atoms with van der Waals surface area (Å²) in [6.07, 6.45) is 0.179. The summed E-state index contributed by atoms with van der Waals surface area (Å²) in [6.45, 7) is 0.774. The molecule has 0 aliphatic heterocycles. The van der Waals surface area contributed by atoms with Crippen LogP contribution in [0.5, 0.6) is 0 Å². The molecule has 0 radical (unpaired) electrons. The number of nitrogens with one attached hydrogen (secondary N) is 1. The first-order chi connectivity index (χ1) is 6.65. The summed E-state index contributed by atoms with van der Waals surface area (Å²) in [5.74, 6) is 0. The fraction of sp³-hybridized carbons (Fsp3) is 0.400. The summed E-state index contributed by atoms with van der Waals surface area (Å²) in [7, 11) is 1.86. The Hall–Kier alpha value is -0.580. The monoisotopic (exact) mass is 258 g/mol. The number of hydrogen-bond acceptors (Lipinski definition) is 3. The van der Waals surface area contributed by atoms with Gasteiger partial charge in [-0.1, -0.05) is 22.0 Å². The van der Waals surface area contributed by atoms with Crippen molar-refractivity contribution in [1.82, 2.24) is 5.32 Å². The lowest BCUT2D eigenvalue weighted by Gasteiger charge is -2.13. The predicted molar refractivity (Wildman–Crippen MR) is 62.1 cm³/mol. The van der Waals surface area contributed by atoms with Crippen LogP contribution in [0.25, 0.3) is 0 Å². The van der Waals surface area contributed by atoms with Crippen LogP contribution >= 0.6 is 15.9 Å². The van der Waals surface area contributed by atoms with Crippen molar-refractivity contribution in [3.8, 4) is 0 Å². The molecule has 78 valence electrons. The summed E-state index contributed by atoms with van der Waals surface area (Å²) in [5.41, 5.74) is 7.21.